The molecule has 2 atom stereocenters. The predicted octanol–water partition coefficient (Wildman–Crippen LogP) is 3.48. The topological polar surface area (TPSA) is 102 Å². The third-order valence-corrected chi connectivity index (χ3v) is 5.25. The fraction of sp³-hybridized carbons (Fsp3) is 0.304. The van der Waals surface area contributed by atoms with Crippen LogP contribution in [0.1, 0.15) is 41.0 Å². The Hall–Kier alpha value is -3.82. The lowest BCUT2D eigenvalue weighted by molar-refractivity contribution is -0.152. The third-order valence-electron chi connectivity index (χ3n) is 5.25. The number of benzene rings is 2. The molecule has 1 N–H and O–H groups in total. The average Bonchev–Trinajstić information content (AvgIpc) is 3.04. The molecule has 33 heavy (non-hydrogen) atoms. The number of hydrogen-bond donors (Lipinski definition) is 1. The van der Waals surface area contributed by atoms with Crippen molar-refractivity contribution >= 4 is 29.4 Å². The number of imide groups is 1. The highest BCUT2D eigenvalue weighted by Crippen LogP contribution is 2.29. The van der Waals surface area contributed by atoms with Gasteiger partial charge in [-0.15, -0.1) is 0 Å². The molecular weight excluding hydrogens is 438 g/mol. The molecule has 3 amide bonds. The summed E-state index contributed by atoms with van der Waals surface area (Å²) >= 11 is 0. The van der Waals surface area contributed by atoms with Crippen LogP contribution in [0.5, 0.6) is 5.75 Å². The minimum absolute atomic E-state index is 0.0299. The molecule has 3 rings (SSSR count). The van der Waals surface area contributed by atoms with Gasteiger partial charge in [-0.2, -0.15) is 8.78 Å². The number of fused-ring (bicyclic) bond motifs is 1. The fourth-order valence-corrected chi connectivity index (χ4v) is 3.45. The second kappa shape index (κ2) is 10.2. The van der Waals surface area contributed by atoms with E-state index in [9.17, 15) is 28.0 Å². The van der Waals surface area contributed by atoms with Gasteiger partial charge < -0.3 is 14.8 Å². The zero-order valence-corrected chi connectivity index (χ0v) is 17.9. The lowest BCUT2D eigenvalue weighted by Crippen LogP contribution is -2.49. The number of nitrogens with zero attached hydrogens (tertiary/aromatic N) is 1. The second-order valence-electron chi connectivity index (χ2n) is 7.39. The molecule has 174 valence electrons. The Kier molecular flexibility index (Phi) is 7.37. The van der Waals surface area contributed by atoms with Crippen LogP contribution < -0.4 is 10.1 Å². The van der Waals surface area contributed by atoms with Crippen molar-refractivity contribution in [2.45, 2.75) is 32.9 Å². The summed E-state index contributed by atoms with van der Waals surface area (Å²) in [5, 5.41) is 2.33. The Bertz CT molecular complexity index is 1040. The molecule has 0 fully saturated rings. The molecule has 0 radical (unpaired) electrons. The maximum atomic E-state index is 12.9. The molecule has 0 aliphatic carbocycles. The van der Waals surface area contributed by atoms with E-state index in [1.54, 1.807) is 26.0 Å². The van der Waals surface area contributed by atoms with E-state index in [1.165, 1.54) is 36.4 Å². The molecule has 1 aliphatic heterocycles. The summed E-state index contributed by atoms with van der Waals surface area (Å²) in [5.41, 5.74) is 0.353. The first-order valence-corrected chi connectivity index (χ1v) is 10.2. The molecule has 0 aromatic heterocycles. The van der Waals surface area contributed by atoms with Crippen LogP contribution >= 0.6 is 0 Å². The van der Waals surface area contributed by atoms with Crippen LogP contribution in [0, 0.1) is 5.92 Å². The van der Waals surface area contributed by atoms with Crippen LogP contribution in [0.3, 0.4) is 0 Å². The summed E-state index contributed by atoms with van der Waals surface area (Å²) in [7, 11) is 0. The lowest BCUT2D eigenvalue weighted by Gasteiger charge is -2.28. The van der Waals surface area contributed by atoms with Crippen LogP contribution in [-0.2, 0) is 14.3 Å². The van der Waals surface area contributed by atoms with Gasteiger partial charge in [0, 0.05) is 0 Å². The summed E-state index contributed by atoms with van der Waals surface area (Å²) in [5.74, 6) is -3.65. The maximum Gasteiger partial charge on any atom is 0.387 e. The number of alkyl halides is 2. The summed E-state index contributed by atoms with van der Waals surface area (Å²) in [6, 6.07) is 10.5. The number of hydrogen-bond acceptors (Lipinski definition) is 6. The van der Waals surface area contributed by atoms with Gasteiger partial charge in [0.05, 0.1) is 16.8 Å². The van der Waals surface area contributed by atoms with E-state index < -0.39 is 48.9 Å². The van der Waals surface area contributed by atoms with Crippen molar-refractivity contribution < 1.29 is 37.4 Å². The number of ether oxygens (including phenoxy) is 2. The molecule has 1 aliphatic rings. The largest absolute Gasteiger partial charge is 0.454 e. The van der Waals surface area contributed by atoms with Gasteiger partial charge in [-0.25, -0.2) is 4.79 Å². The molecule has 0 spiro atoms. The Morgan fingerprint density at radius 1 is 1.00 bits per heavy atom. The number of rotatable bonds is 9. The third kappa shape index (κ3) is 5.16. The van der Waals surface area contributed by atoms with Gasteiger partial charge in [0.15, 0.2) is 6.61 Å². The van der Waals surface area contributed by atoms with E-state index in [0.717, 1.165) is 4.90 Å². The van der Waals surface area contributed by atoms with Gasteiger partial charge in [-0.3, -0.25) is 19.3 Å². The first-order chi connectivity index (χ1) is 15.7. The highest BCUT2D eigenvalue weighted by Gasteiger charge is 2.45. The summed E-state index contributed by atoms with van der Waals surface area (Å²) in [6.45, 7) is -0.363. The molecule has 10 heteroatoms. The maximum absolute atomic E-state index is 12.9. The number of para-hydroxylation sites is 2. The second-order valence-corrected chi connectivity index (χ2v) is 7.39. The Labute approximate surface area is 188 Å². The zero-order chi connectivity index (χ0) is 24.1. The van der Waals surface area contributed by atoms with E-state index >= 15 is 0 Å². The number of carbonyl (C=O) groups is 4. The number of halogens is 2. The van der Waals surface area contributed by atoms with Gasteiger partial charge in [0.2, 0.25) is 0 Å². The van der Waals surface area contributed by atoms with Crippen LogP contribution in [0.2, 0.25) is 0 Å². The predicted molar refractivity (Wildman–Crippen MR) is 113 cm³/mol. The molecule has 2 aromatic rings. The smallest absolute Gasteiger partial charge is 0.387 e. The highest BCUT2D eigenvalue weighted by molar-refractivity contribution is 6.22. The van der Waals surface area contributed by atoms with E-state index in [2.05, 4.69) is 10.1 Å². The normalized spacial score (nSPS) is 14.6. The summed E-state index contributed by atoms with van der Waals surface area (Å²) < 4.78 is 34.5. The van der Waals surface area contributed by atoms with Crippen molar-refractivity contribution in [1.29, 1.82) is 0 Å². The van der Waals surface area contributed by atoms with Crippen molar-refractivity contribution in [2.75, 3.05) is 11.9 Å². The van der Waals surface area contributed by atoms with Crippen LogP contribution in [0.25, 0.3) is 0 Å². The molecule has 0 unspecified atom stereocenters. The molecule has 1 heterocycles. The molecule has 2 aromatic carbocycles. The zero-order valence-electron chi connectivity index (χ0n) is 17.9. The number of nitrogens with one attached hydrogen (secondary N) is 1. The van der Waals surface area contributed by atoms with Crippen LogP contribution in [0.15, 0.2) is 48.5 Å². The monoisotopic (exact) mass is 460 g/mol. The fourth-order valence-electron chi connectivity index (χ4n) is 3.45. The number of carbonyl (C=O) groups excluding carboxylic acids is 4. The average molecular weight is 460 g/mol. The van der Waals surface area contributed by atoms with Crippen molar-refractivity contribution in [3.63, 3.8) is 0 Å². The first-order valence-electron chi connectivity index (χ1n) is 10.2. The van der Waals surface area contributed by atoms with E-state index in [1.807, 2.05) is 0 Å². The Balaban J connectivity index is 1.71. The Morgan fingerprint density at radius 3 is 2.15 bits per heavy atom. The first kappa shape index (κ1) is 23.8. The molecule has 0 saturated heterocycles. The minimum atomic E-state index is -3.09. The molecule has 0 saturated carbocycles. The van der Waals surface area contributed by atoms with E-state index in [-0.39, 0.29) is 22.6 Å². The quantitative estimate of drug-likeness (QED) is 0.454. The molecule has 8 nitrogen and oxygen atoms in total. The van der Waals surface area contributed by atoms with Crippen LogP contribution in [-0.4, -0.2) is 47.9 Å². The van der Waals surface area contributed by atoms with Crippen molar-refractivity contribution in [3.8, 4) is 5.75 Å². The SMILES string of the molecule is CC[C@H](C)[C@@H](C(=O)OCC(=O)Nc1ccccc1OC(F)F)N1C(=O)c2ccccc2C1=O. The summed E-state index contributed by atoms with van der Waals surface area (Å²) in [6.07, 6.45) is 0.456. The van der Waals surface area contributed by atoms with E-state index in [4.69, 9.17) is 4.74 Å². The highest BCUT2D eigenvalue weighted by atomic mass is 19.3. The van der Waals surface area contributed by atoms with Gasteiger partial charge in [-0.05, 0) is 30.2 Å². The van der Waals surface area contributed by atoms with Gasteiger partial charge in [0.25, 0.3) is 17.7 Å². The van der Waals surface area contributed by atoms with Crippen LogP contribution in [0.4, 0.5) is 14.5 Å². The van der Waals surface area contributed by atoms with Gasteiger partial charge in [0.1, 0.15) is 11.8 Å². The van der Waals surface area contributed by atoms with Gasteiger partial charge in [-0.1, -0.05) is 44.5 Å². The van der Waals surface area contributed by atoms with E-state index in [0.29, 0.717) is 6.42 Å². The molecule has 0 bridgehead atoms. The molecular formula is C23H22F2N2O6. The van der Waals surface area contributed by atoms with Crippen molar-refractivity contribution in [1.82, 2.24) is 4.90 Å². The number of anilines is 1. The Morgan fingerprint density at radius 2 is 1.58 bits per heavy atom. The number of amides is 3. The standard InChI is InChI=1S/C23H22F2N2O6/c1-3-13(2)19(27-20(29)14-8-4-5-9-15(14)21(27)30)22(31)32-12-18(28)26-16-10-6-7-11-17(16)33-23(24)25/h4-11,13,19,23H,3,12H2,1-2H3,(H,26,28)/t13-,19-/m0/s1. The minimum Gasteiger partial charge on any atom is -0.454 e. The van der Waals surface area contributed by atoms with Crippen molar-refractivity contribution in [2.24, 2.45) is 5.92 Å². The lowest BCUT2D eigenvalue weighted by atomic mass is 9.97. The van der Waals surface area contributed by atoms with Crippen molar-refractivity contribution in [3.05, 3.63) is 59.7 Å². The van der Waals surface area contributed by atoms with Gasteiger partial charge >= 0.3 is 12.6 Å². The number of esters is 1. The summed E-state index contributed by atoms with van der Waals surface area (Å²) in [4.78, 5) is 51.6.